The molecule has 1 aliphatic heterocycles. The van der Waals surface area contributed by atoms with Crippen molar-refractivity contribution in [2.75, 3.05) is 19.7 Å². The highest BCUT2D eigenvalue weighted by Gasteiger charge is 2.31. The van der Waals surface area contributed by atoms with E-state index in [0.717, 1.165) is 17.0 Å². The molecule has 0 N–H and O–H groups in total. The summed E-state index contributed by atoms with van der Waals surface area (Å²) in [6, 6.07) is 11.7. The van der Waals surface area contributed by atoms with Crippen molar-refractivity contribution in [1.82, 2.24) is 19.7 Å². The Bertz CT molecular complexity index is 1100. The lowest BCUT2D eigenvalue weighted by atomic mass is 9.97. The number of benzene rings is 1. The van der Waals surface area contributed by atoms with Gasteiger partial charge in [0.05, 0.1) is 29.6 Å². The zero-order chi connectivity index (χ0) is 23.4. The molecular weight excluding hydrogens is 440 g/mol. The summed E-state index contributed by atoms with van der Waals surface area (Å²) in [4.78, 5) is 27.0. The highest BCUT2D eigenvalue weighted by molar-refractivity contribution is 8.00. The van der Waals surface area contributed by atoms with Gasteiger partial charge in [-0.1, -0.05) is 30.0 Å². The largest absolute Gasteiger partial charge is 0.469 e. The Hall–Kier alpha value is -3.07. The first-order chi connectivity index (χ1) is 16.0. The number of piperidine rings is 1. The number of furan rings is 1. The fourth-order valence-corrected chi connectivity index (χ4v) is 4.96. The molecule has 4 rings (SSSR count). The van der Waals surface area contributed by atoms with E-state index in [1.54, 1.807) is 6.26 Å². The number of thioether (sulfide) groups is 1. The fourth-order valence-electron chi connectivity index (χ4n) is 4.01. The molecule has 0 saturated carbocycles. The summed E-state index contributed by atoms with van der Waals surface area (Å²) in [5.74, 6) is 1.17. The highest BCUT2D eigenvalue weighted by Crippen LogP contribution is 2.32. The number of likely N-dealkylation sites (tertiary alicyclic amines) is 1. The Morgan fingerprint density at radius 2 is 1.91 bits per heavy atom. The average Bonchev–Trinajstić information content (AvgIpc) is 3.45. The molecule has 1 amide bonds. The summed E-state index contributed by atoms with van der Waals surface area (Å²) >= 11 is 1.38. The molecule has 0 aliphatic carbocycles. The molecule has 174 valence electrons. The van der Waals surface area contributed by atoms with Gasteiger partial charge in [-0.3, -0.25) is 14.2 Å². The van der Waals surface area contributed by atoms with Gasteiger partial charge in [0.25, 0.3) is 0 Å². The number of aromatic nitrogens is 3. The predicted molar refractivity (Wildman–Crippen MR) is 125 cm³/mol. The van der Waals surface area contributed by atoms with Crippen LogP contribution in [0.5, 0.6) is 0 Å². The molecule has 8 nitrogen and oxygen atoms in total. The van der Waals surface area contributed by atoms with E-state index in [2.05, 4.69) is 10.2 Å². The standard InChI is InChI=1S/C24H28N4O4S/c1-4-31-23(30)18-10-13-27(14-11-18)22(29)17(3)33-24-26-25-21(20-12-15-32-16(20)2)28(24)19-8-6-5-7-9-19/h5-9,12,15,17-18H,4,10-11,13-14H2,1-3H3. The minimum Gasteiger partial charge on any atom is -0.469 e. The van der Waals surface area contributed by atoms with Crippen LogP contribution < -0.4 is 0 Å². The van der Waals surface area contributed by atoms with Gasteiger partial charge < -0.3 is 14.1 Å². The van der Waals surface area contributed by atoms with Gasteiger partial charge in [-0.15, -0.1) is 10.2 Å². The lowest BCUT2D eigenvalue weighted by Gasteiger charge is -2.32. The maximum absolute atomic E-state index is 13.2. The van der Waals surface area contributed by atoms with E-state index in [0.29, 0.717) is 43.5 Å². The van der Waals surface area contributed by atoms with Crippen molar-refractivity contribution >= 4 is 23.6 Å². The highest BCUT2D eigenvalue weighted by atomic mass is 32.2. The minimum atomic E-state index is -0.353. The van der Waals surface area contributed by atoms with Gasteiger partial charge in [-0.25, -0.2) is 0 Å². The zero-order valence-electron chi connectivity index (χ0n) is 19.1. The van der Waals surface area contributed by atoms with E-state index < -0.39 is 0 Å². The summed E-state index contributed by atoms with van der Waals surface area (Å²) in [6.07, 6.45) is 2.89. The summed E-state index contributed by atoms with van der Waals surface area (Å²) in [6.45, 7) is 7.07. The molecule has 1 atom stereocenters. The van der Waals surface area contributed by atoms with Crippen molar-refractivity contribution in [3.63, 3.8) is 0 Å². The Kier molecular flexibility index (Phi) is 7.17. The SMILES string of the molecule is CCOC(=O)C1CCN(C(=O)C(C)Sc2nnc(-c3ccoc3C)n2-c2ccccc2)CC1. The topological polar surface area (TPSA) is 90.5 Å². The van der Waals surface area contributed by atoms with Crippen LogP contribution in [-0.2, 0) is 14.3 Å². The van der Waals surface area contributed by atoms with Crippen LogP contribution in [0.3, 0.4) is 0 Å². The van der Waals surface area contributed by atoms with E-state index >= 15 is 0 Å². The molecule has 9 heteroatoms. The zero-order valence-corrected chi connectivity index (χ0v) is 19.9. The molecule has 1 unspecified atom stereocenters. The summed E-state index contributed by atoms with van der Waals surface area (Å²) in [5, 5.41) is 9.12. The normalized spacial score (nSPS) is 15.4. The third kappa shape index (κ3) is 4.98. The number of ether oxygens (including phenoxy) is 1. The van der Waals surface area contributed by atoms with E-state index in [9.17, 15) is 9.59 Å². The first-order valence-electron chi connectivity index (χ1n) is 11.2. The minimum absolute atomic E-state index is 0.0333. The Balaban J connectivity index is 1.51. The number of amides is 1. The molecule has 2 aromatic heterocycles. The third-order valence-electron chi connectivity index (χ3n) is 5.80. The van der Waals surface area contributed by atoms with Crippen LogP contribution in [0.15, 0.2) is 52.2 Å². The van der Waals surface area contributed by atoms with Crippen molar-refractivity contribution in [1.29, 1.82) is 0 Å². The number of esters is 1. The molecule has 0 bridgehead atoms. The number of hydrogen-bond acceptors (Lipinski definition) is 7. The van der Waals surface area contributed by atoms with Crippen LogP contribution in [0, 0.1) is 12.8 Å². The second-order valence-electron chi connectivity index (χ2n) is 7.98. The van der Waals surface area contributed by atoms with E-state index in [4.69, 9.17) is 9.15 Å². The maximum Gasteiger partial charge on any atom is 0.309 e. The summed E-state index contributed by atoms with van der Waals surface area (Å²) < 4.78 is 12.6. The van der Waals surface area contributed by atoms with E-state index in [-0.39, 0.29) is 23.0 Å². The van der Waals surface area contributed by atoms with Gasteiger partial charge in [-0.05, 0) is 51.8 Å². The molecule has 1 aliphatic rings. The van der Waals surface area contributed by atoms with E-state index in [1.807, 2.05) is 66.6 Å². The van der Waals surface area contributed by atoms with Crippen molar-refractivity contribution in [2.24, 2.45) is 5.92 Å². The predicted octanol–water partition coefficient (Wildman–Crippen LogP) is 4.12. The van der Waals surface area contributed by atoms with Crippen LogP contribution >= 0.6 is 11.8 Å². The van der Waals surface area contributed by atoms with Crippen LogP contribution in [0.2, 0.25) is 0 Å². The van der Waals surface area contributed by atoms with Gasteiger partial charge in [0.1, 0.15) is 5.76 Å². The Morgan fingerprint density at radius 1 is 1.18 bits per heavy atom. The van der Waals surface area contributed by atoms with Crippen LogP contribution in [-0.4, -0.2) is 56.5 Å². The molecule has 1 aromatic carbocycles. The number of nitrogens with zero attached hydrogens (tertiary/aromatic N) is 4. The molecule has 3 heterocycles. The number of para-hydroxylation sites is 1. The van der Waals surface area contributed by atoms with Gasteiger partial charge >= 0.3 is 5.97 Å². The smallest absolute Gasteiger partial charge is 0.309 e. The van der Waals surface area contributed by atoms with Gasteiger partial charge in [0.15, 0.2) is 11.0 Å². The molecule has 3 aromatic rings. The quantitative estimate of drug-likeness (QED) is 0.381. The molecular formula is C24H28N4O4S. The van der Waals surface area contributed by atoms with Crippen LogP contribution in [0.1, 0.15) is 32.4 Å². The van der Waals surface area contributed by atoms with Gasteiger partial charge in [-0.2, -0.15) is 0 Å². The lowest BCUT2D eigenvalue weighted by molar-refractivity contribution is -0.151. The second kappa shape index (κ2) is 10.2. The number of rotatable bonds is 7. The Morgan fingerprint density at radius 3 is 2.55 bits per heavy atom. The van der Waals surface area contributed by atoms with Crippen molar-refractivity contribution in [3.8, 4) is 17.1 Å². The number of aryl methyl sites for hydroxylation is 1. The first kappa shape index (κ1) is 23.1. The average molecular weight is 469 g/mol. The van der Waals surface area contributed by atoms with Crippen molar-refractivity contribution in [3.05, 3.63) is 48.4 Å². The number of carbonyl (C=O) groups excluding carboxylic acids is 2. The second-order valence-corrected chi connectivity index (χ2v) is 9.29. The molecule has 1 saturated heterocycles. The van der Waals surface area contributed by atoms with Gasteiger partial charge in [0.2, 0.25) is 5.91 Å². The third-order valence-corrected chi connectivity index (χ3v) is 6.83. The number of carbonyl (C=O) groups is 2. The van der Waals surface area contributed by atoms with Crippen molar-refractivity contribution in [2.45, 2.75) is 44.0 Å². The number of hydrogen-bond donors (Lipinski definition) is 0. The fraction of sp³-hybridized carbons (Fsp3) is 0.417. The van der Waals surface area contributed by atoms with Gasteiger partial charge in [0, 0.05) is 18.8 Å². The summed E-state index contributed by atoms with van der Waals surface area (Å²) in [7, 11) is 0. The maximum atomic E-state index is 13.2. The summed E-state index contributed by atoms with van der Waals surface area (Å²) in [5.41, 5.74) is 1.77. The van der Waals surface area contributed by atoms with Crippen LogP contribution in [0.4, 0.5) is 0 Å². The van der Waals surface area contributed by atoms with Crippen LogP contribution in [0.25, 0.3) is 17.1 Å². The Labute approximate surface area is 197 Å². The first-order valence-corrected chi connectivity index (χ1v) is 12.0. The molecule has 0 radical (unpaired) electrons. The lowest BCUT2D eigenvalue weighted by Crippen LogP contribution is -2.43. The van der Waals surface area contributed by atoms with E-state index in [1.165, 1.54) is 11.8 Å². The van der Waals surface area contributed by atoms with Crippen molar-refractivity contribution < 1.29 is 18.7 Å². The monoisotopic (exact) mass is 468 g/mol. The molecule has 0 spiro atoms. The molecule has 33 heavy (non-hydrogen) atoms. The molecule has 1 fully saturated rings.